The number of carbonyl (C=O) groups is 1. The van der Waals surface area contributed by atoms with Crippen molar-refractivity contribution < 1.29 is 9.72 Å². The lowest BCUT2D eigenvalue weighted by Gasteiger charge is -2.15. The molecule has 0 spiro atoms. The molecule has 9 heteroatoms. The van der Waals surface area contributed by atoms with E-state index in [-0.39, 0.29) is 17.3 Å². The number of anilines is 1. The van der Waals surface area contributed by atoms with Crippen LogP contribution in [-0.2, 0) is 4.79 Å². The summed E-state index contributed by atoms with van der Waals surface area (Å²) >= 11 is 2.67. The predicted octanol–water partition coefficient (Wildman–Crippen LogP) is 4.54. The Bertz CT molecular complexity index is 976. The van der Waals surface area contributed by atoms with E-state index in [0.29, 0.717) is 4.34 Å². The highest BCUT2D eigenvalue weighted by molar-refractivity contribution is 8.01. The monoisotopic (exact) mass is 400 g/mol. The van der Waals surface area contributed by atoms with Crippen molar-refractivity contribution in [2.75, 3.05) is 5.32 Å². The van der Waals surface area contributed by atoms with E-state index >= 15 is 0 Å². The van der Waals surface area contributed by atoms with Gasteiger partial charge < -0.3 is 5.32 Å². The van der Waals surface area contributed by atoms with Gasteiger partial charge in [-0.1, -0.05) is 59.5 Å². The molecule has 0 saturated carbocycles. The lowest BCUT2D eigenvalue weighted by molar-refractivity contribution is -0.384. The van der Waals surface area contributed by atoms with Crippen LogP contribution in [-0.4, -0.2) is 21.0 Å². The number of carbonyl (C=O) groups excluding carboxylic acids is 1. The molecular formula is C18H16N4O3S2. The van der Waals surface area contributed by atoms with Crippen LogP contribution in [0.15, 0.2) is 52.9 Å². The highest BCUT2D eigenvalue weighted by Crippen LogP contribution is 2.38. The molecule has 0 aliphatic carbocycles. The molecule has 1 atom stereocenters. The van der Waals surface area contributed by atoms with Gasteiger partial charge in [-0.3, -0.25) is 14.9 Å². The van der Waals surface area contributed by atoms with Crippen molar-refractivity contribution in [3.63, 3.8) is 0 Å². The topological polar surface area (TPSA) is 98.0 Å². The summed E-state index contributed by atoms with van der Waals surface area (Å²) < 4.78 is 0.662. The van der Waals surface area contributed by atoms with E-state index in [0.717, 1.165) is 16.1 Å². The molecule has 0 aliphatic rings. The summed E-state index contributed by atoms with van der Waals surface area (Å²) in [6.45, 7) is 3.61. The van der Waals surface area contributed by atoms with E-state index in [1.54, 1.807) is 19.1 Å². The van der Waals surface area contributed by atoms with Gasteiger partial charge in [-0.25, -0.2) is 0 Å². The van der Waals surface area contributed by atoms with Gasteiger partial charge in [0.1, 0.15) is 15.9 Å². The summed E-state index contributed by atoms with van der Waals surface area (Å²) in [5.41, 5.74) is 1.57. The average molecular weight is 400 g/mol. The maximum Gasteiger partial charge on any atom is 0.293 e. The molecule has 1 heterocycles. The molecule has 1 amide bonds. The third-order valence-electron chi connectivity index (χ3n) is 3.67. The molecule has 0 radical (unpaired) electrons. The number of hydrogen-bond acceptors (Lipinski definition) is 7. The van der Waals surface area contributed by atoms with Crippen LogP contribution in [0, 0.1) is 24.0 Å². The van der Waals surface area contributed by atoms with Gasteiger partial charge in [0, 0.05) is 6.07 Å². The maximum atomic E-state index is 13.0. The van der Waals surface area contributed by atoms with Crippen molar-refractivity contribution in [1.29, 1.82) is 0 Å². The van der Waals surface area contributed by atoms with Crippen molar-refractivity contribution in [3.05, 3.63) is 74.8 Å². The second-order valence-corrected chi connectivity index (χ2v) is 8.30. The number of nitrogens with one attached hydrogen (secondary N) is 1. The summed E-state index contributed by atoms with van der Waals surface area (Å²) in [4.78, 5) is 23.8. The Morgan fingerprint density at radius 3 is 2.56 bits per heavy atom. The van der Waals surface area contributed by atoms with Crippen molar-refractivity contribution in [2.45, 2.75) is 23.4 Å². The number of aromatic nitrogens is 2. The quantitative estimate of drug-likeness (QED) is 0.371. The fraction of sp³-hybridized carbons (Fsp3) is 0.167. The molecule has 0 bridgehead atoms. The van der Waals surface area contributed by atoms with E-state index in [4.69, 9.17) is 0 Å². The number of hydrogen-bond donors (Lipinski definition) is 1. The van der Waals surface area contributed by atoms with Gasteiger partial charge in [-0.2, -0.15) is 0 Å². The third-order valence-corrected chi connectivity index (χ3v) is 5.85. The Labute approximate surface area is 164 Å². The highest BCUT2D eigenvalue weighted by atomic mass is 32.2. The van der Waals surface area contributed by atoms with Crippen LogP contribution < -0.4 is 5.32 Å². The average Bonchev–Trinajstić information content (AvgIpc) is 3.06. The number of benzene rings is 2. The number of nitro groups is 1. The number of amides is 1. The summed E-state index contributed by atoms with van der Waals surface area (Å²) in [6, 6.07) is 13.9. The Morgan fingerprint density at radius 1 is 1.19 bits per heavy atom. The van der Waals surface area contributed by atoms with Gasteiger partial charge in [0.05, 0.1) is 4.92 Å². The van der Waals surface area contributed by atoms with Crippen LogP contribution in [0.5, 0.6) is 0 Å². The Morgan fingerprint density at radius 2 is 1.93 bits per heavy atom. The Hall–Kier alpha value is -2.78. The summed E-state index contributed by atoms with van der Waals surface area (Å²) in [5, 5.41) is 22.3. The zero-order chi connectivity index (χ0) is 19.4. The first-order valence-corrected chi connectivity index (χ1v) is 9.71. The SMILES string of the molecule is Cc1ccc(NC(=O)C(Sc2nnc(C)s2)c2ccccc2)c([N+](=O)[O-])c1. The zero-order valence-corrected chi connectivity index (χ0v) is 16.2. The lowest BCUT2D eigenvalue weighted by Crippen LogP contribution is -2.19. The highest BCUT2D eigenvalue weighted by Gasteiger charge is 2.26. The molecule has 0 fully saturated rings. The summed E-state index contributed by atoms with van der Waals surface area (Å²) in [6.07, 6.45) is 0. The Kier molecular flexibility index (Phi) is 5.82. The summed E-state index contributed by atoms with van der Waals surface area (Å²) in [7, 11) is 0. The fourth-order valence-corrected chi connectivity index (χ4v) is 4.43. The number of nitro benzene ring substituents is 1. The fourth-order valence-electron chi connectivity index (χ4n) is 2.42. The molecule has 27 heavy (non-hydrogen) atoms. The molecule has 1 N–H and O–H groups in total. The van der Waals surface area contributed by atoms with Gasteiger partial charge >= 0.3 is 0 Å². The number of rotatable bonds is 6. The first-order valence-electron chi connectivity index (χ1n) is 8.01. The minimum Gasteiger partial charge on any atom is -0.319 e. The number of aryl methyl sites for hydroxylation is 2. The minimum atomic E-state index is -0.612. The second-order valence-electron chi connectivity index (χ2n) is 5.76. The first-order chi connectivity index (χ1) is 12.9. The van der Waals surface area contributed by atoms with Crippen LogP contribution in [0.4, 0.5) is 11.4 Å². The van der Waals surface area contributed by atoms with Crippen LogP contribution in [0.3, 0.4) is 0 Å². The molecule has 0 aliphatic heterocycles. The second kappa shape index (κ2) is 8.28. The molecule has 3 rings (SSSR count). The molecule has 0 saturated heterocycles. The molecule has 138 valence electrons. The molecule has 3 aromatic rings. The summed E-state index contributed by atoms with van der Waals surface area (Å²) in [5.74, 6) is -0.356. The van der Waals surface area contributed by atoms with Crippen LogP contribution >= 0.6 is 23.1 Å². The maximum absolute atomic E-state index is 13.0. The van der Waals surface area contributed by atoms with Gasteiger partial charge in [-0.05, 0) is 31.0 Å². The van der Waals surface area contributed by atoms with Crippen molar-refractivity contribution in [2.24, 2.45) is 0 Å². The van der Waals surface area contributed by atoms with Gasteiger partial charge in [0.15, 0.2) is 4.34 Å². The van der Waals surface area contributed by atoms with E-state index < -0.39 is 10.2 Å². The zero-order valence-electron chi connectivity index (χ0n) is 14.6. The van der Waals surface area contributed by atoms with Crippen molar-refractivity contribution in [3.8, 4) is 0 Å². The molecular weight excluding hydrogens is 384 g/mol. The molecule has 7 nitrogen and oxygen atoms in total. The first kappa shape index (κ1) is 19.0. The predicted molar refractivity (Wildman–Crippen MR) is 106 cm³/mol. The minimum absolute atomic E-state index is 0.132. The molecule has 2 aromatic carbocycles. The molecule has 1 aromatic heterocycles. The van der Waals surface area contributed by atoms with Crippen LogP contribution in [0.2, 0.25) is 0 Å². The van der Waals surface area contributed by atoms with Gasteiger partial charge in [-0.15, -0.1) is 10.2 Å². The number of thioether (sulfide) groups is 1. The van der Waals surface area contributed by atoms with E-state index in [1.165, 1.54) is 29.2 Å². The van der Waals surface area contributed by atoms with Crippen molar-refractivity contribution >= 4 is 40.4 Å². The third kappa shape index (κ3) is 4.69. The van der Waals surface area contributed by atoms with Gasteiger partial charge in [0.25, 0.3) is 5.69 Å². The van der Waals surface area contributed by atoms with Crippen LogP contribution in [0.1, 0.15) is 21.4 Å². The smallest absolute Gasteiger partial charge is 0.293 e. The molecule has 1 unspecified atom stereocenters. The van der Waals surface area contributed by atoms with Crippen molar-refractivity contribution in [1.82, 2.24) is 10.2 Å². The van der Waals surface area contributed by atoms with E-state index in [2.05, 4.69) is 15.5 Å². The Balaban J connectivity index is 1.91. The normalized spacial score (nSPS) is 11.8. The lowest BCUT2D eigenvalue weighted by atomic mass is 10.1. The standard InChI is InChI=1S/C18H16N4O3S2/c1-11-8-9-14(15(10-11)22(24)25)19-17(23)16(13-6-4-3-5-7-13)27-18-21-20-12(2)26-18/h3-10,16H,1-2H3,(H,19,23). The largest absolute Gasteiger partial charge is 0.319 e. The number of nitrogens with zero attached hydrogens (tertiary/aromatic N) is 3. The van der Waals surface area contributed by atoms with E-state index in [9.17, 15) is 14.9 Å². The van der Waals surface area contributed by atoms with E-state index in [1.807, 2.05) is 37.3 Å². The van der Waals surface area contributed by atoms with Gasteiger partial charge in [0.2, 0.25) is 5.91 Å². The van der Waals surface area contributed by atoms with Crippen LogP contribution in [0.25, 0.3) is 0 Å².